The fourth-order valence-electron chi connectivity index (χ4n) is 3.87. The zero-order valence-corrected chi connectivity index (χ0v) is 18.4. The largest absolute Gasteiger partial charge is 0.365 e. The first-order valence-corrected chi connectivity index (χ1v) is 10.9. The Balaban J connectivity index is 1.67. The Labute approximate surface area is 194 Å². The lowest BCUT2D eigenvalue weighted by atomic mass is 9.91. The van der Waals surface area contributed by atoms with Crippen LogP contribution >= 0.6 is 11.6 Å². The molecule has 0 bridgehead atoms. The Morgan fingerprint density at radius 1 is 1.06 bits per heavy atom. The molecule has 172 valence electrons. The highest BCUT2D eigenvalue weighted by atomic mass is 35.5. The molecule has 0 saturated heterocycles. The van der Waals surface area contributed by atoms with Gasteiger partial charge in [-0.1, -0.05) is 24.4 Å². The maximum atomic E-state index is 14.7. The lowest BCUT2D eigenvalue weighted by Crippen LogP contribution is -2.43. The Hall–Kier alpha value is -3.30. The van der Waals surface area contributed by atoms with Crippen molar-refractivity contribution in [1.82, 2.24) is 9.97 Å². The summed E-state index contributed by atoms with van der Waals surface area (Å²) < 4.78 is 29.0. The van der Waals surface area contributed by atoms with E-state index in [0.717, 1.165) is 31.7 Å². The van der Waals surface area contributed by atoms with E-state index in [4.69, 9.17) is 23.1 Å². The van der Waals surface area contributed by atoms with E-state index in [9.17, 15) is 13.6 Å². The van der Waals surface area contributed by atoms with Gasteiger partial charge in [0.15, 0.2) is 11.6 Å². The topological polar surface area (TPSA) is 119 Å². The third kappa shape index (κ3) is 5.20. The van der Waals surface area contributed by atoms with Crippen molar-refractivity contribution in [1.29, 1.82) is 0 Å². The second-order valence-electron chi connectivity index (χ2n) is 7.96. The van der Waals surface area contributed by atoms with Gasteiger partial charge in [0, 0.05) is 34.6 Å². The van der Waals surface area contributed by atoms with E-state index < -0.39 is 17.5 Å². The molecule has 1 aliphatic carbocycles. The number of carbonyl (C=O) groups excluding carboxylic acids is 1. The fourth-order valence-corrected chi connectivity index (χ4v) is 4.05. The number of hydrogen-bond donors (Lipinski definition) is 4. The van der Waals surface area contributed by atoms with Crippen LogP contribution in [0, 0.1) is 11.6 Å². The highest BCUT2D eigenvalue weighted by Crippen LogP contribution is 2.29. The molecule has 1 aromatic carbocycles. The van der Waals surface area contributed by atoms with Gasteiger partial charge in [-0.05, 0) is 49.2 Å². The molecule has 7 nitrogen and oxygen atoms in total. The van der Waals surface area contributed by atoms with Crippen LogP contribution in [0.3, 0.4) is 0 Å². The van der Waals surface area contributed by atoms with Crippen molar-refractivity contribution in [3.63, 3.8) is 0 Å². The molecule has 1 unspecified atom stereocenters. The van der Waals surface area contributed by atoms with E-state index in [2.05, 4.69) is 20.6 Å². The molecule has 0 radical (unpaired) electrons. The number of carbonyl (C=O) groups is 1. The van der Waals surface area contributed by atoms with Gasteiger partial charge < -0.3 is 22.1 Å². The minimum Gasteiger partial charge on any atom is -0.365 e. The first kappa shape index (κ1) is 22.9. The normalized spacial score (nSPS) is 18.1. The molecular weight excluding hydrogens is 450 g/mol. The van der Waals surface area contributed by atoms with Crippen molar-refractivity contribution in [2.24, 2.45) is 11.5 Å². The van der Waals surface area contributed by atoms with E-state index in [-0.39, 0.29) is 34.8 Å². The average Bonchev–Trinajstić information content (AvgIpc) is 2.79. The SMILES string of the molecule is NC(=O)c1cc(F)c(NC2CCCC[C@@H]2N)nc1Nc1ccnc(-c2cc(Cl)ccc2F)c1. The summed E-state index contributed by atoms with van der Waals surface area (Å²) in [5.74, 6) is -2.01. The number of rotatable bonds is 6. The van der Waals surface area contributed by atoms with Crippen LogP contribution in [0.25, 0.3) is 11.3 Å². The van der Waals surface area contributed by atoms with Crippen molar-refractivity contribution >= 4 is 34.8 Å². The van der Waals surface area contributed by atoms with Gasteiger partial charge >= 0.3 is 0 Å². The monoisotopic (exact) mass is 472 g/mol. The van der Waals surface area contributed by atoms with Gasteiger partial charge in [-0.25, -0.2) is 13.8 Å². The van der Waals surface area contributed by atoms with Gasteiger partial charge in [-0.15, -0.1) is 0 Å². The van der Waals surface area contributed by atoms with Crippen LogP contribution in [0.4, 0.5) is 26.1 Å². The van der Waals surface area contributed by atoms with Gasteiger partial charge in [0.05, 0.1) is 11.3 Å². The third-order valence-electron chi connectivity index (χ3n) is 5.61. The second kappa shape index (κ2) is 9.68. The molecule has 6 N–H and O–H groups in total. The van der Waals surface area contributed by atoms with Crippen LogP contribution in [0.15, 0.2) is 42.6 Å². The van der Waals surface area contributed by atoms with Crippen LogP contribution in [-0.4, -0.2) is 28.0 Å². The molecule has 2 heterocycles. The summed E-state index contributed by atoms with van der Waals surface area (Å²) in [4.78, 5) is 20.4. The summed E-state index contributed by atoms with van der Waals surface area (Å²) in [6, 6.07) is 8.10. The van der Waals surface area contributed by atoms with Gasteiger partial charge in [-0.3, -0.25) is 9.78 Å². The quantitative estimate of drug-likeness (QED) is 0.416. The van der Waals surface area contributed by atoms with Crippen molar-refractivity contribution in [2.45, 2.75) is 37.8 Å². The molecule has 33 heavy (non-hydrogen) atoms. The summed E-state index contributed by atoms with van der Waals surface area (Å²) in [5, 5.41) is 6.39. The molecule has 0 spiro atoms. The predicted molar refractivity (Wildman–Crippen MR) is 124 cm³/mol. The Morgan fingerprint density at radius 2 is 1.85 bits per heavy atom. The summed E-state index contributed by atoms with van der Waals surface area (Å²) in [6.07, 6.45) is 5.11. The highest BCUT2D eigenvalue weighted by molar-refractivity contribution is 6.30. The Bertz CT molecular complexity index is 1190. The number of anilines is 3. The Morgan fingerprint density at radius 3 is 2.61 bits per heavy atom. The van der Waals surface area contributed by atoms with Crippen LogP contribution in [-0.2, 0) is 0 Å². The summed E-state index contributed by atoms with van der Waals surface area (Å²) in [6.45, 7) is 0. The highest BCUT2D eigenvalue weighted by Gasteiger charge is 2.24. The number of halogens is 3. The van der Waals surface area contributed by atoms with Gasteiger partial charge in [0.25, 0.3) is 5.91 Å². The summed E-state index contributed by atoms with van der Waals surface area (Å²) in [5.41, 5.74) is 12.5. The number of nitrogens with one attached hydrogen (secondary N) is 2. The van der Waals surface area contributed by atoms with Gasteiger partial charge in [0.1, 0.15) is 11.6 Å². The number of aromatic nitrogens is 2. The zero-order chi connectivity index (χ0) is 23.5. The number of pyridine rings is 2. The lowest BCUT2D eigenvalue weighted by molar-refractivity contribution is 0.100. The molecule has 2 atom stereocenters. The van der Waals surface area contributed by atoms with Crippen LogP contribution < -0.4 is 22.1 Å². The minimum atomic E-state index is -0.847. The maximum Gasteiger partial charge on any atom is 0.252 e. The van der Waals surface area contributed by atoms with Crippen molar-refractivity contribution < 1.29 is 13.6 Å². The van der Waals surface area contributed by atoms with Crippen LogP contribution in [0.5, 0.6) is 0 Å². The van der Waals surface area contributed by atoms with Gasteiger partial charge in [-0.2, -0.15) is 0 Å². The summed E-state index contributed by atoms with van der Waals surface area (Å²) >= 11 is 5.99. The number of amides is 1. The standard InChI is InChI=1S/C23H23ClF2N6O/c24-12-5-6-16(25)14(9-12)20-10-13(7-8-29-20)30-22-15(21(28)33)11-17(26)23(32-22)31-19-4-2-1-3-18(19)27/h5-11,18-19H,1-4,27H2,(H2,28,33)(H2,29,30,31,32)/t18-,19?/m0/s1. The average molecular weight is 473 g/mol. The first-order chi connectivity index (χ1) is 15.8. The molecule has 1 saturated carbocycles. The predicted octanol–water partition coefficient (Wildman–Crippen LogP) is 4.60. The second-order valence-corrected chi connectivity index (χ2v) is 8.39. The number of nitrogens with zero attached hydrogens (tertiary/aromatic N) is 2. The minimum absolute atomic E-state index is 0.0278. The smallest absolute Gasteiger partial charge is 0.252 e. The molecule has 4 rings (SSSR count). The van der Waals surface area contributed by atoms with E-state index >= 15 is 0 Å². The molecule has 0 aliphatic heterocycles. The van der Waals surface area contributed by atoms with Crippen LogP contribution in [0.1, 0.15) is 36.0 Å². The molecule has 2 aromatic heterocycles. The third-order valence-corrected chi connectivity index (χ3v) is 5.85. The zero-order valence-electron chi connectivity index (χ0n) is 17.6. The number of nitrogens with two attached hydrogens (primary N) is 2. The van der Waals surface area contributed by atoms with E-state index in [1.807, 2.05) is 0 Å². The molecule has 1 aliphatic rings. The Kier molecular flexibility index (Phi) is 6.71. The van der Waals surface area contributed by atoms with E-state index in [0.29, 0.717) is 16.4 Å². The van der Waals surface area contributed by atoms with E-state index in [1.165, 1.54) is 24.4 Å². The van der Waals surface area contributed by atoms with Crippen molar-refractivity contribution in [2.75, 3.05) is 10.6 Å². The fraction of sp³-hybridized carbons (Fsp3) is 0.261. The molecular formula is C23H23ClF2N6O. The first-order valence-electron chi connectivity index (χ1n) is 10.5. The molecule has 3 aromatic rings. The number of hydrogen-bond acceptors (Lipinski definition) is 6. The molecule has 10 heteroatoms. The lowest BCUT2D eigenvalue weighted by Gasteiger charge is -2.30. The number of benzene rings is 1. The number of primary amides is 1. The molecule has 1 fully saturated rings. The summed E-state index contributed by atoms with van der Waals surface area (Å²) in [7, 11) is 0. The van der Waals surface area contributed by atoms with Crippen molar-refractivity contribution in [3.05, 3.63) is 64.8 Å². The van der Waals surface area contributed by atoms with E-state index in [1.54, 1.807) is 12.1 Å². The van der Waals surface area contributed by atoms with Crippen molar-refractivity contribution in [3.8, 4) is 11.3 Å². The van der Waals surface area contributed by atoms with Crippen LogP contribution in [0.2, 0.25) is 5.02 Å². The van der Waals surface area contributed by atoms with Gasteiger partial charge in [0.2, 0.25) is 0 Å². The molecule has 1 amide bonds. The maximum absolute atomic E-state index is 14.7.